The van der Waals surface area contributed by atoms with Gasteiger partial charge in [-0.05, 0) is 5.56 Å². The normalized spacial score (nSPS) is 21.2. The van der Waals surface area contributed by atoms with Crippen molar-refractivity contribution in [1.82, 2.24) is 4.90 Å². The molecule has 0 bridgehead atoms. The van der Waals surface area contributed by atoms with E-state index in [-0.39, 0.29) is 25.5 Å². The van der Waals surface area contributed by atoms with Crippen LogP contribution in [-0.2, 0) is 15.0 Å². The Labute approximate surface area is 117 Å². The molecule has 1 aliphatic heterocycles. The fraction of sp³-hybridized carbons (Fsp3) is 0.462. The Morgan fingerprint density at radius 1 is 1.35 bits per heavy atom. The molecule has 0 spiro atoms. The third-order valence-electron chi connectivity index (χ3n) is 3.41. The molecule has 1 saturated heterocycles. The second-order valence-electron chi connectivity index (χ2n) is 4.93. The van der Waals surface area contributed by atoms with Crippen LogP contribution in [0.2, 0.25) is 0 Å². The minimum Gasteiger partial charge on any atom is -0.394 e. The number of likely N-dealkylation sites (tertiary alicyclic amines) is 1. The summed E-state index contributed by atoms with van der Waals surface area (Å²) in [5.74, 6) is -1.47. The van der Waals surface area contributed by atoms with Crippen molar-refractivity contribution in [2.24, 2.45) is 5.92 Å². The zero-order valence-corrected chi connectivity index (χ0v) is 11.6. The van der Waals surface area contributed by atoms with Crippen LogP contribution < -0.4 is 0 Å². The Morgan fingerprint density at radius 3 is 2.55 bits per heavy atom. The molecule has 1 aromatic rings. The number of amides is 1. The minimum absolute atomic E-state index is 0.00746. The molecule has 2 rings (SSSR count). The topological polar surface area (TPSA) is 74.7 Å². The number of rotatable bonds is 5. The summed E-state index contributed by atoms with van der Waals surface area (Å²) < 4.78 is 34.0. The molecule has 1 heterocycles. The molecule has 2 atom stereocenters. The van der Waals surface area contributed by atoms with Gasteiger partial charge in [0.05, 0.1) is 18.4 Å². The summed E-state index contributed by atoms with van der Waals surface area (Å²) in [6, 6.07) is 8.46. The quantitative estimate of drug-likeness (QED) is 0.819. The second-order valence-corrected chi connectivity index (χ2v) is 6.34. The summed E-state index contributed by atoms with van der Waals surface area (Å²) in [6.07, 6.45) is -0.00746. The number of nitrogens with zero attached hydrogens (tertiary/aromatic N) is 1. The summed E-state index contributed by atoms with van der Waals surface area (Å²) in [7, 11) is -4.59. The van der Waals surface area contributed by atoms with Crippen molar-refractivity contribution in [3.8, 4) is 0 Å². The van der Waals surface area contributed by atoms with Gasteiger partial charge in [-0.25, -0.2) is 0 Å². The van der Waals surface area contributed by atoms with Gasteiger partial charge in [0.2, 0.25) is 5.91 Å². The molecule has 0 aliphatic carbocycles. The standard InChI is InChI=1S/C13H16FNO4S/c14-20(18,19)9-10-6-13(17)15(7-10)12(8-16)11-4-2-1-3-5-11/h1-5,10,12,16H,6-9H2/t10?,12-/m0/s1. The zero-order valence-electron chi connectivity index (χ0n) is 10.8. The van der Waals surface area contributed by atoms with E-state index in [2.05, 4.69) is 0 Å². The zero-order chi connectivity index (χ0) is 14.8. The first-order chi connectivity index (χ1) is 9.40. The average Bonchev–Trinajstić information content (AvgIpc) is 2.70. The number of benzene rings is 1. The molecule has 1 fully saturated rings. The lowest BCUT2D eigenvalue weighted by Crippen LogP contribution is -2.33. The van der Waals surface area contributed by atoms with Gasteiger partial charge in [-0.1, -0.05) is 30.3 Å². The smallest absolute Gasteiger partial charge is 0.302 e. The van der Waals surface area contributed by atoms with E-state index in [1.165, 1.54) is 4.90 Å². The molecule has 0 saturated carbocycles. The lowest BCUT2D eigenvalue weighted by molar-refractivity contribution is -0.130. The number of halogens is 1. The number of aliphatic hydroxyl groups is 1. The van der Waals surface area contributed by atoms with Gasteiger partial charge in [0.25, 0.3) is 0 Å². The van der Waals surface area contributed by atoms with E-state index in [4.69, 9.17) is 0 Å². The lowest BCUT2D eigenvalue weighted by atomic mass is 10.1. The largest absolute Gasteiger partial charge is 0.394 e. The Morgan fingerprint density at radius 2 is 2.00 bits per heavy atom. The second kappa shape index (κ2) is 5.88. The molecule has 1 aromatic carbocycles. The molecule has 0 aromatic heterocycles. The van der Waals surface area contributed by atoms with Gasteiger partial charge >= 0.3 is 10.2 Å². The first-order valence-electron chi connectivity index (χ1n) is 6.28. The minimum atomic E-state index is -4.59. The molecule has 7 heteroatoms. The van der Waals surface area contributed by atoms with E-state index < -0.39 is 27.9 Å². The molecule has 1 N–H and O–H groups in total. The van der Waals surface area contributed by atoms with E-state index in [0.29, 0.717) is 0 Å². The molecule has 1 amide bonds. The van der Waals surface area contributed by atoms with Crippen LogP contribution in [0.1, 0.15) is 18.0 Å². The number of aliphatic hydroxyl groups excluding tert-OH is 1. The summed E-state index contributed by atoms with van der Waals surface area (Å²) in [5.41, 5.74) is 0.770. The molecule has 1 unspecified atom stereocenters. The predicted molar refractivity (Wildman–Crippen MR) is 71.0 cm³/mol. The third-order valence-corrected chi connectivity index (χ3v) is 4.28. The molecular formula is C13H16FNO4S. The fourth-order valence-electron chi connectivity index (χ4n) is 2.56. The van der Waals surface area contributed by atoms with Crippen molar-refractivity contribution in [2.45, 2.75) is 12.5 Å². The highest BCUT2D eigenvalue weighted by Gasteiger charge is 2.36. The van der Waals surface area contributed by atoms with Crippen molar-refractivity contribution in [2.75, 3.05) is 18.9 Å². The van der Waals surface area contributed by atoms with Gasteiger partial charge in [0, 0.05) is 18.9 Å². The Hall–Kier alpha value is -1.47. The van der Waals surface area contributed by atoms with Gasteiger partial charge in [-0.2, -0.15) is 8.42 Å². The van der Waals surface area contributed by atoms with Crippen LogP contribution in [0.4, 0.5) is 3.89 Å². The first-order valence-corrected chi connectivity index (χ1v) is 7.83. The average molecular weight is 301 g/mol. The molecule has 5 nitrogen and oxygen atoms in total. The fourth-order valence-corrected chi connectivity index (χ4v) is 3.35. The number of carbonyl (C=O) groups excluding carboxylic acids is 1. The van der Waals surface area contributed by atoms with Crippen molar-refractivity contribution in [3.63, 3.8) is 0 Å². The van der Waals surface area contributed by atoms with E-state index in [1.54, 1.807) is 24.3 Å². The predicted octanol–water partition coefficient (Wildman–Crippen LogP) is 0.868. The van der Waals surface area contributed by atoms with E-state index >= 15 is 0 Å². The summed E-state index contributed by atoms with van der Waals surface area (Å²) >= 11 is 0. The van der Waals surface area contributed by atoms with Crippen LogP contribution in [0, 0.1) is 5.92 Å². The maximum Gasteiger partial charge on any atom is 0.302 e. The molecule has 110 valence electrons. The van der Waals surface area contributed by atoms with E-state index in [9.17, 15) is 22.2 Å². The van der Waals surface area contributed by atoms with Crippen molar-refractivity contribution < 1.29 is 22.2 Å². The number of carbonyl (C=O) groups is 1. The highest BCUT2D eigenvalue weighted by atomic mass is 32.3. The summed E-state index contributed by atoms with van der Waals surface area (Å²) in [4.78, 5) is 13.4. The van der Waals surface area contributed by atoms with Gasteiger partial charge in [0.1, 0.15) is 0 Å². The monoisotopic (exact) mass is 301 g/mol. The molecule has 1 aliphatic rings. The Balaban J connectivity index is 2.14. The molecule has 0 radical (unpaired) electrons. The van der Waals surface area contributed by atoms with Crippen LogP contribution in [0.3, 0.4) is 0 Å². The molecular weight excluding hydrogens is 285 g/mol. The Kier molecular flexibility index (Phi) is 4.39. The number of hydrogen-bond acceptors (Lipinski definition) is 4. The van der Waals surface area contributed by atoms with Gasteiger partial charge in [0.15, 0.2) is 0 Å². The first kappa shape index (κ1) is 14.9. The van der Waals surface area contributed by atoms with Crippen molar-refractivity contribution >= 4 is 16.1 Å². The van der Waals surface area contributed by atoms with Crippen molar-refractivity contribution in [1.29, 1.82) is 0 Å². The highest BCUT2D eigenvalue weighted by Crippen LogP contribution is 2.29. The van der Waals surface area contributed by atoms with Crippen molar-refractivity contribution in [3.05, 3.63) is 35.9 Å². The van der Waals surface area contributed by atoms with Crippen LogP contribution in [0.25, 0.3) is 0 Å². The Bertz CT molecular complexity index is 575. The SMILES string of the molecule is O=C1CC(CS(=O)(=O)F)CN1[C@@H](CO)c1ccccc1. The van der Waals surface area contributed by atoms with Crippen LogP contribution in [0.5, 0.6) is 0 Å². The van der Waals surface area contributed by atoms with Gasteiger partial charge in [-0.15, -0.1) is 3.89 Å². The van der Waals surface area contributed by atoms with Crippen LogP contribution >= 0.6 is 0 Å². The lowest BCUT2D eigenvalue weighted by Gasteiger charge is -2.27. The van der Waals surface area contributed by atoms with Gasteiger partial charge < -0.3 is 10.0 Å². The van der Waals surface area contributed by atoms with Crippen LogP contribution in [-0.4, -0.2) is 43.2 Å². The third kappa shape index (κ3) is 3.55. The van der Waals surface area contributed by atoms with E-state index in [0.717, 1.165) is 5.56 Å². The van der Waals surface area contributed by atoms with E-state index in [1.807, 2.05) is 6.07 Å². The summed E-state index contributed by atoms with van der Waals surface area (Å²) in [5, 5.41) is 9.49. The maximum atomic E-state index is 12.7. The maximum absolute atomic E-state index is 12.7. The summed E-state index contributed by atoms with van der Waals surface area (Å²) in [6.45, 7) is -0.118. The number of hydrogen-bond donors (Lipinski definition) is 1. The molecule has 20 heavy (non-hydrogen) atoms. The van der Waals surface area contributed by atoms with Gasteiger partial charge in [-0.3, -0.25) is 4.79 Å². The highest BCUT2D eigenvalue weighted by molar-refractivity contribution is 7.86. The van der Waals surface area contributed by atoms with Crippen LogP contribution in [0.15, 0.2) is 30.3 Å².